The van der Waals surface area contributed by atoms with Crippen molar-refractivity contribution >= 4 is 50.4 Å². The molecule has 3 N–H and O–H groups in total. The van der Waals surface area contributed by atoms with E-state index in [-0.39, 0.29) is 17.7 Å². The number of hydrogen-bond donors (Lipinski definition) is 3. The molecule has 3 aliphatic rings. The van der Waals surface area contributed by atoms with Gasteiger partial charge in [0.2, 0.25) is 0 Å². The summed E-state index contributed by atoms with van der Waals surface area (Å²) in [6.45, 7) is 2.12. The van der Waals surface area contributed by atoms with Crippen LogP contribution in [0.1, 0.15) is 47.8 Å². The number of hydrogen-bond acceptors (Lipinski definition) is 3. The first-order chi connectivity index (χ1) is 30.8. The van der Waals surface area contributed by atoms with Crippen LogP contribution in [0, 0.1) is 0 Å². The van der Waals surface area contributed by atoms with Gasteiger partial charge in [0, 0.05) is 95.9 Å². The number of rotatable bonds is 3. The molecule has 0 aliphatic carbocycles. The van der Waals surface area contributed by atoms with Gasteiger partial charge in [0.1, 0.15) is 0 Å². The van der Waals surface area contributed by atoms with Crippen molar-refractivity contribution in [3.05, 3.63) is 179 Å². The molecule has 312 valence electrons. The van der Waals surface area contributed by atoms with E-state index in [9.17, 15) is 14.4 Å². The summed E-state index contributed by atoms with van der Waals surface area (Å²) in [6, 6.07) is 49.0. The summed E-state index contributed by atoms with van der Waals surface area (Å²) in [6.07, 6.45) is 2.61. The maximum absolute atomic E-state index is 12.6. The van der Waals surface area contributed by atoms with E-state index in [1.807, 2.05) is 84.7 Å². The predicted octanol–water partition coefficient (Wildman–Crippen LogP) is 9.73. The van der Waals surface area contributed by atoms with E-state index >= 15 is 0 Å². The molecule has 0 radical (unpaired) electrons. The highest BCUT2D eigenvalue weighted by molar-refractivity contribution is 6.12. The molecule has 3 amide bonds. The lowest BCUT2D eigenvalue weighted by Gasteiger charge is -2.15. The molecule has 0 unspecified atom stereocenters. The Morgan fingerprint density at radius 1 is 0.444 bits per heavy atom. The summed E-state index contributed by atoms with van der Waals surface area (Å²) in [4.78, 5) is 42.2. The van der Waals surface area contributed by atoms with Crippen molar-refractivity contribution in [2.24, 2.45) is 14.1 Å². The van der Waals surface area contributed by atoms with Gasteiger partial charge in [0.05, 0.1) is 11.4 Å². The lowest BCUT2D eigenvalue weighted by molar-refractivity contribution is 0.0800. The van der Waals surface area contributed by atoms with Gasteiger partial charge < -0.3 is 29.7 Å². The first kappa shape index (κ1) is 39.5. The van der Waals surface area contributed by atoms with E-state index < -0.39 is 0 Å². The Kier molecular flexibility index (Phi) is 10.2. The van der Waals surface area contributed by atoms with E-state index in [4.69, 9.17) is 0 Å². The summed E-state index contributed by atoms with van der Waals surface area (Å²) < 4.78 is 4.43. The minimum Gasteiger partial charge on any atom is -0.354 e. The van der Waals surface area contributed by atoms with Crippen molar-refractivity contribution in [3.63, 3.8) is 0 Å². The third kappa shape index (κ3) is 6.86. The van der Waals surface area contributed by atoms with E-state index in [1.54, 1.807) is 0 Å². The van der Waals surface area contributed by atoms with Gasteiger partial charge in [0.15, 0.2) is 0 Å². The van der Waals surface area contributed by atoms with Crippen LogP contribution in [0.4, 0.5) is 0 Å². The minimum absolute atomic E-state index is 0.0213. The topological polar surface area (TPSA) is 104 Å². The van der Waals surface area contributed by atoms with Gasteiger partial charge >= 0.3 is 0 Å². The second-order valence-electron chi connectivity index (χ2n) is 16.5. The fourth-order valence-corrected chi connectivity index (χ4v) is 9.92. The number of H-pyrrole nitrogens is 1. The number of aryl methyl sites for hydroxylation is 2. The number of amides is 3. The summed E-state index contributed by atoms with van der Waals surface area (Å²) >= 11 is 0. The molecular formula is C54H48N6O3. The first-order valence-corrected chi connectivity index (χ1v) is 21.6. The highest BCUT2D eigenvalue weighted by Gasteiger charge is 2.27. The molecule has 63 heavy (non-hydrogen) atoms. The molecular weight excluding hydrogens is 781 g/mol. The van der Waals surface area contributed by atoms with Crippen molar-refractivity contribution in [2.75, 3.05) is 26.7 Å². The van der Waals surface area contributed by atoms with Crippen molar-refractivity contribution in [1.82, 2.24) is 29.7 Å². The Morgan fingerprint density at radius 3 is 1.48 bits per heavy atom. The minimum atomic E-state index is 0.0213. The highest BCUT2D eigenvalue weighted by Crippen LogP contribution is 2.39. The van der Waals surface area contributed by atoms with Crippen molar-refractivity contribution in [1.29, 1.82) is 0 Å². The number of nitrogens with zero attached hydrogens (tertiary/aromatic N) is 3. The van der Waals surface area contributed by atoms with E-state index in [0.29, 0.717) is 13.1 Å². The molecule has 0 saturated carbocycles. The van der Waals surface area contributed by atoms with Gasteiger partial charge in [0.25, 0.3) is 17.7 Å². The number of aromatic amines is 1. The maximum atomic E-state index is 12.6. The second kappa shape index (κ2) is 16.3. The normalized spacial score (nSPS) is 14.2. The van der Waals surface area contributed by atoms with Gasteiger partial charge in [-0.1, -0.05) is 109 Å². The first-order valence-electron chi connectivity index (χ1n) is 21.6. The zero-order valence-corrected chi connectivity index (χ0v) is 35.7. The Bertz CT molecular complexity index is 3210. The van der Waals surface area contributed by atoms with Gasteiger partial charge in [-0.2, -0.15) is 0 Å². The summed E-state index contributed by atoms with van der Waals surface area (Å²) in [5, 5.41) is 9.25. The SMILES string of the molecule is CN1CCc2c(-c3ccccc3)n(C)c3cccc(c23)C1=O.Cn1c(-c2ccccc2)c2c3c(cccc31)C(=O)NCC2.O=C1NCCc2c(-c3ccccc3)[nH]c3cccc1c23. The number of likely N-dealkylation sites (N-methyl/N-ethyl adjacent to an activating group) is 1. The lowest BCUT2D eigenvalue weighted by atomic mass is 10.0. The monoisotopic (exact) mass is 828 g/mol. The van der Waals surface area contributed by atoms with Crippen LogP contribution in [0.5, 0.6) is 0 Å². The third-order valence-corrected chi connectivity index (χ3v) is 12.8. The smallest absolute Gasteiger partial charge is 0.254 e. The predicted molar refractivity (Wildman–Crippen MR) is 253 cm³/mol. The van der Waals surface area contributed by atoms with Crippen LogP contribution in [0.15, 0.2) is 146 Å². The molecule has 0 atom stereocenters. The van der Waals surface area contributed by atoms with E-state index in [0.717, 1.165) is 80.9 Å². The summed E-state index contributed by atoms with van der Waals surface area (Å²) in [5.41, 5.74) is 16.6. The Hall–Kier alpha value is -7.65. The standard InChI is InChI=1S/C19H18N2O.C18H16N2O.C17H14N2O/c1-20-12-11-14-17-15(19(20)22)9-6-10-16(17)21(2)18(14)13-7-4-3-5-8-13;1-20-15-9-5-8-14-16(15)13(10-11-19-18(14)21)17(20)12-6-3-2-4-7-12;20-17-13-7-4-8-14-15(13)12(9-10-18-17)16(19-14)11-5-2-1-3-6-11/h3-10H,11-12H2,1-2H3;2-9H,10-11H2,1H3,(H,19,21);1-8,19H,9-10H2,(H,18,20). The molecule has 9 aromatic rings. The quantitative estimate of drug-likeness (QED) is 0.165. The van der Waals surface area contributed by atoms with Crippen molar-refractivity contribution < 1.29 is 14.4 Å². The molecule has 3 aliphatic heterocycles. The molecule has 9 nitrogen and oxygen atoms in total. The Labute approximate surface area is 366 Å². The molecule has 0 bridgehead atoms. The van der Waals surface area contributed by atoms with Crippen LogP contribution in [-0.4, -0.2) is 63.4 Å². The van der Waals surface area contributed by atoms with Gasteiger partial charge in [-0.25, -0.2) is 0 Å². The zero-order valence-electron chi connectivity index (χ0n) is 35.7. The van der Waals surface area contributed by atoms with Crippen LogP contribution in [0.3, 0.4) is 0 Å². The molecule has 12 rings (SSSR count). The molecule has 0 fully saturated rings. The average molecular weight is 829 g/mol. The second-order valence-corrected chi connectivity index (χ2v) is 16.5. The number of benzene rings is 6. The largest absolute Gasteiger partial charge is 0.354 e. The van der Waals surface area contributed by atoms with Crippen LogP contribution in [0.2, 0.25) is 0 Å². The molecule has 6 aromatic carbocycles. The summed E-state index contributed by atoms with van der Waals surface area (Å²) in [7, 11) is 6.06. The van der Waals surface area contributed by atoms with Gasteiger partial charge in [-0.3, -0.25) is 14.4 Å². The van der Waals surface area contributed by atoms with Crippen molar-refractivity contribution in [2.45, 2.75) is 19.3 Å². The average Bonchev–Trinajstić information content (AvgIpc) is 3.81. The molecule has 0 saturated heterocycles. The lowest BCUT2D eigenvalue weighted by Crippen LogP contribution is -2.27. The summed E-state index contributed by atoms with van der Waals surface area (Å²) in [5.74, 6) is 0.173. The third-order valence-electron chi connectivity index (χ3n) is 12.8. The maximum Gasteiger partial charge on any atom is 0.254 e. The fraction of sp³-hybridized carbons (Fsp3) is 0.167. The number of aromatic nitrogens is 3. The van der Waals surface area contributed by atoms with Gasteiger partial charge in [-0.15, -0.1) is 0 Å². The van der Waals surface area contributed by atoms with Crippen LogP contribution < -0.4 is 10.6 Å². The van der Waals surface area contributed by atoms with Gasteiger partial charge in [-0.05, 0) is 89.0 Å². The zero-order chi connectivity index (χ0) is 43.2. The Morgan fingerprint density at radius 2 is 0.905 bits per heavy atom. The highest BCUT2D eigenvalue weighted by atomic mass is 16.2. The number of carbonyl (C=O) groups is 3. The Balaban J connectivity index is 0.000000112. The molecule has 6 heterocycles. The fourth-order valence-electron chi connectivity index (χ4n) is 9.92. The van der Waals surface area contributed by atoms with Crippen molar-refractivity contribution in [3.8, 4) is 33.8 Å². The van der Waals surface area contributed by atoms with Crippen LogP contribution in [0.25, 0.3) is 66.5 Å². The van der Waals surface area contributed by atoms with E-state index in [1.165, 1.54) is 44.8 Å². The molecule has 0 spiro atoms. The van der Waals surface area contributed by atoms with Crippen LogP contribution in [-0.2, 0) is 33.4 Å². The van der Waals surface area contributed by atoms with Crippen LogP contribution >= 0.6 is 0 Å². The number of carbonyl (C=O) groups excluding carboxylic acids is 3. The molecule has 9 heteroatoms. The van der Waals surface area contributed by atoms with E-state index in [2.05, 4.69) is 112 Å². The number of nitrogens with one attached hydrogen (secondary N) is 3. The molecule has 3 aromatic heterocycles.